The van der Waals surface area contributed by atoms with Crippen LogP contribution in [0.25, 0.3) is 5.65 Å². The summed E-state index contributed by atoms with van der Waals surface area (Å²) in [6, 6.07) is 1.76. The molecule has 2 heterocycles. The third-order valence-electron chi connectivity index (χ3n) is 1.87. The molecule has 0 bridgehead atoms. The molecule has 14 heavy (non-hydrogen) atoms. The minimum Gasteiger partial charge on any atom is -0.495 e. The summed E-state index contributed by atoms with van der Waals surface area (Å²) in [4.78, 5) is 14.6. The number of aldehydes is 1. The van der Waals surface area contributed by atoms with Crippen LogP contribution in [0.3, 0.4) is 0 Å². The molecule has 0 N–H and O–H groups in total. The Bertz CT molecular complexity index is 493. The maximum atomic E-state index is 10.5. The van der Waals surface area contributed by atoms with E-state index in [0.29, 0.717) is 23.4 Å². The van der Waals surface area contributed by atoms with E-state index in [9.17, 15) is 4.79 Å². The smallest absolute Gasteiger partial charge is 0.170 e. The van der Waals surface area contributed by atoms with E-state index in [1.807, 2.05) is 0 Å². The van der Waals surface area contributed by atoms with Gasteiger partial charge in [-0.25, -0.2) is 4.98 Å². The first-order valence-corrected chi connectivity index (χ1v) is 4.71. The monoisotopic (exact) mass is 254 g/mol. The fourth-order valence-corrected chi connectivity index (χ4v) is 1.72. The van der Waals surface area contributed by atoms with E-state index < -0.39 is 0 Å². The van der Waals surface area contributed by atoms with Crippen LogP contribution in [0.2, 0.25) is 0 Å². The number of carbonyl (C=O) groups is 1. The second-order valence-electron chi connectivity index (χ2n) is 2.74. The molecule has 0 saturated heterocycles. The van der Waals surface area contributed by atoms with Gasteiger partial charge in [-0.05, 0) is 15.9 Å². The van der Waals surface area contributed by atoms with Crippen LogP contribution in [0.15, 0.2) is 22.9 Å². The molecule has 0 aromatic carbocycles. The van der Waals surface area contributed by atoms with E-state index in [1.165, 1.54) is 0 Å². The zero-order valence-electron chi connectivity index (χ0n) is 7.40. The molecule has 4 nitrogen and oxygen atoms in total. The number of carbonyl (C=O) groups excluding carboxylic acids is 1. The molecule has 2 aromatic rings. The van der Waals surface area contributed by atoms with Crippen molar-refractivity contribution in [1.29, 1.82) is 0 Å². The van der Waals surface area contributed by atoms with Gasteiger partial charge in [0.2, 0.25) is 0 Å². The molecule has 0 aliphatic carbocycles. The third kappa shape index (κ3) is 1.39. The van der Waals surface area contributed by atoms with Gasteiger partial charge in [0.25, 0.3) is 0 Å². The summed E-state index contributed by atoms with van der Waals surface area (Å²) in [7, 11) is 1.58. The van der Waals surface area contributed by atoms with E-state index in [4.69, 9.17) is 4.74 Å². The standard InChI is InChI=1S/C9H7BrN2O2/c1-14-8-2-9-11-6(5-13)3-12(9)4-7(8)10/h2-5H,1H3. The van der Waals surface area contributed by atoms with Crippen molar-refractivity contribution in [3.8, 4) is 5.75 Å². The molecule has 0 unspecified atom stereocenters. The normalized spacial score (nSPS) is 10.4. The molecular weight excluding hydrogens is 248 g/mol. The van der Waals surface area contributed by atoms with Crippen LogP contribution in [0.4, 0.5) is 0 Å². The van der Waals surface area contributed by atoms with Crippen LogP contribution in [0, 0.1) is 0 Å². The van der Waals surface area contributed by atoms with Crippen LogP contribution < -0.4 is 4.74 Å². The van der Waals surface area contributed by atoms with Crippen molar-refractivity contribution < 1.29 is 9.53 Å². The molecular formula is C9H7BrN2O2. The summed E-state index contributed by atoms with van der Waals surface area (Å²) < 4.78 is 7.69. The third-order valence-corrected chi connectivity index (χ3v) is 2.46. The zero-order valence-corrected chi connectivity index (χ0v) is 8.98. The lowest BCUT2D eigenvalue weighted by Gasteiger charge is -2.02. The van der Waals surface area contributed by atoms with E-state index in [2.05, 4.69) is 20.9 Å². The first-order chi connectivity index (χ1) is 6.74. The molecule has 0 saturated carbocycles. The number of imidazole rings is 1. The molecule has 0 aliphatic rings. The Labute approximate surface area is 88.6 Å². The number of aromatic nitrogens is 2. The number of halogens is 1. The lowest BCUT2D eigenvalue weighted by atomic mass is 10.4. The van der Waals surface area contributed by atoms with Crippen molar-refractivity contribution in [2.45, 2.75) is 0 Å². The Balaban J connectivity index is 2.69. The highest BCUT2D eigenvalue weighted by atomic mass is 79.9. The second kappa shape index (κ2) is 3.42. The number of nitrogens with zero attached hydrogens (tertiary/aromatic N) is 2. The first-order valence-electron chi connectivity index (χ1n) is 3.92. The lowest BCUT2D eigenvalue weighted by Crippen LogP contribution is -1.88. The van der Waals surface area contributed by atoms with Gasteiger partial charge in [-0.15, -0.1) is 0 Å². The van der Waals surface area contributed by atoms with Crippen LogP contribution in [0.1, 0.15) is 10.5 Å². The van der Waals surface area contributed by atoms with Gasteiger partial charge in [0, 0.05) is 18.5 Å². The Kier molecular flexibility index (Phi) is 2.25. The van der Waals surface area contributed by atoms with Gasteiger partial charge in [0.15, 0.2) is 6.29 Å². The molecule has 0 aliphatic heterocycles. The average molecular weight is 255 g/mol. The molecule has 2 aromatic heterocycles. The van der Waals surface area contributed by atoms with Crippen molar-refractivity contribution in [2.24, 2.45) is 0 Å². The van der Waals surface area contributed by atoms with Crippen LogP contribution in [0.5, 0.6) is 5.75 Å². The number of pyridine rings is 1. The summed E-state index contributed by atoms with van der Waals surface area (Å²) in [5.41, 5.74) is 1.09. The summed E-state index contributed by atoms with van der Waals surface area (Å²) in [6.07, 6.45) is 4.17. The van der Waals surface area contributed by atoms with E-state index in [-0.39, 0.29) is 0 Å². The van der Waals surface area contributed by atoms with Crippen LogP contribution >= 0.6 is 15.9 Å². The summed E-state index contributed by atoms with van der Waals surface area (Å²) in [6.45, 7) is 0. The number of ether oxygens (including phenoxy) is 1. The van der Waals surface area contributed by atoms with Crippen molar-refractivity contribution in [3.05, 3.63) is 28.6 Å². The maximum absolute atomic E-state index is 10.5. The summed E-state index contributed by atoms with van der Waals surface area (Å²) in [5, 5.41) is 0. The minimum atomic E-state index is 0.408. The molecule has 72 valence electrons. The number of fused-ring (bicyclic) bond motifs is 1. The maximum Gasteiger partial charge on any atom is 0.170 e. The van der Waals surface area contributed by atoms with Crippen molar-refractivity contribution >= 4 is 27.9 Å². The van der Waals surface area contributed by atoms with Gasteiger partial charge in [-0.3, -0.25) is 4.79 Å². The van der Waals surface area contributed by atoms with Gasteiger partial charge in [0.05, 0.1) is 11.6 Å². The number of hydrogen-bond acceptors (Lipinski definition) is 3. The lowest BCUT2D eigenvalue weighted by molar-refractivity contribution is 0.111. The molecule has 0 amide bonds. The molecule has 2 rings (SSSR count). The molecule has 0 atom stereocenters. The summed E-state index contributed by atoms with van der Waals surface area (Å²) in [5.74, 6) is 0.695. The predicted octanol–water partition coefficient (Wildman–Crippen LogP) is 1.92. The zero-order chi connectivity index (χ0) is 10.1. The Morgan fingerprint density at radius 3 is 3.00 bits per heavy atom. The number of hydrogen-bond donors (Lipinski definition) is 0. The SMILES string of the molecule is COc1cc2nc(C=O)cn2cc1Br. The fourth-order valence-electron chi connectivity index (χ4n) is 1.22. The highest BCUT2D eigenvalue weighted by Gasteiger charge is 2.05. The average Bonchev–Trinajstić information content (AvgIpc) is 2.58. The minimum absolute atomic E-state index is 0.408. The first kappa shape index (κ1) is 9.21. The Hall–Kier alpha value is -1.36. The topological polar surface area (TPSA) is 43.6 Å². The highest BCUT2D eigenvalue weighted by molar-refractivity contribution is 9.10. The number of rotatable bonds is 2. The van der Waals surface area contributed by atoms with Crippen LogP contribution in [-0.4, -0.2) is 22.8 Å². The van der Waals surface area contributed by atoms with Crippen molar-refractivity contribution in [2.75, 3.05) is 7.11 Å². The van der Waals surface area contributed by atoms with E-state index in [0.717, 1.165) is 4.47 Å². The molecule has 0 radical (unpaired) electrons. The van der Waals surface area contributed by atoms with Crippen molar-refractivity contribution in [1.82, 2.24) is 9.38 Å². The van der Waals surface area contributed by atoms with Gasteiger partial charge >= 0.3 is 0 Å². The quantitative estimate of drug-likeness (QED) is 0.770. The van der Waals surface area contributed by atoms with E-state index in [1.54, 1.807) is 30.0 Å². The van der Waals surface area contributed by atoms with Gasteiger partial charge < -0.3 is 9.14 Å². The van der Waals surface area contributed by atoms with E-state index >= 15 is 0 Å². The second-order valence-corrected chi connectivity index (χ2v) is 3.59. The Morgan fingerprint density at radius 2 is 2.36 bits per heavy atom. The molecule has 0 spiro atoms. The van der Waals surface area contributed by atoms with Gasteiger partial charge in [-0.1, -0.05) is 0 Å². The predicted molar refractivity (Wildman–Crippen MR) is 54.8 cm³/mol. The summed E-state index contributed by atoms with van der Waals surface area (Å²) >= 11 is 3.35. The largest absolute Gasteiger partial charge is 0.495 e. The van der Waals surface area contributed by atoms with Gasteiger partial charge in [0.1, 0.15) is 17.1 Å². The fraction of sp³-hybridized carbons (Fsp3) is 0.111. The Morgan fingerprint density at radius 1 is 1.57 bits per heavy atom. The van der Waals surface area contributed by atoms with Crippen LogP contribution in [-0.2, 0) is 0 Å². The van der Waals surface area contributed by atoms with Gasteiger partial charge in [-0.2, -0.15) is 0 Å². The molecule has 0 fully saturated rings. The number of methoxy groups -OCH3 is 1. The van der Waals surface area contributed by atoms with Crippen molar-refractivity contribution in [3.63, 3.8) is 0 Å². The molecule has 5 heteroatoms. The highest BCUT2D eigenvalue weighted by Crippen LogP contribution is 2.25.